The van der Waals surface area contributed by atoms with Crippen LogP contribution in [0.3, 0.4) is 0 Å². The van der Waals surface area contributed by atoms with E-state index >= 15 is 0 Å². The van der Waals surface area contributed by atoms with Gasteiger partial charge in [-0.25, -0.2) is 4.39 Å². The van der Waals surface area contributed by atoms with Crippen molar-refractivity contribution in [2.24, 2.45) is 0 Å². The summed E-state index contributed by atoms with van der Waals surface area (Å²) in [7, 11) is 0. The van der Waals surface area contributed by atoms with Crippen LogP contribution in [0.1, 0.15) is 11.1 Å². The Morgan fingerprint density at radius 3 is 2.63 bits per heavy atom. The third-order valence-corrected chi connectivity index (χ3v) is 5.86. The van der Waals surface area contributed by atoms with Crippen LogP contribution in [0.2, 0.25) is 5.02 Å². The first kappa shape index (κ1) is 20.8. The van der Waals surface area contributed by atoms with E-state index in [0.717, 1.165) is 54.6 Å². The summed E-state index contributed by atoms with van der Waals surface area (Å²) in [5.74, 6) is -0.188. The molecule has 8 heteroatoms. The van der Waals surface area contributed by atoms with Gasteiger partial charge >= 0.3 is 0 Å². The molecule has 1 aromatic heterocycles. The van der Waals surface area contributed by atoms with Gasteiger partial charge in [0.2, 0.25) is 0 Å². The molecular formula is C22H23ClFN5S. The molecule has 3 aromatic rings. The Labute approximate surface area is 186 Å². The minimum Gasteiger partial charge on any atom is -0.346 e. The third kappa shape index (κ3) is 5.36. The lowest BCUT2D eigenvalue weighted by atomic mass is 10.2. The SMILES string of the molecule is Fc1cccc(CN2CCN(C(=S)Nc3cnn(Cc4ccccc4Cl)c3)CC2)c1. The minimum absolute atomic E-state index is 0.188. The highest BCUT2D eigenvalue weighted by Crippen LogP contribution is 2.17. The molecule has 1 N–H and O–H groups in total. The summed E-state index contributed by atoms with van der Waals surface area (Å²) < 4.78 is 15.2. The van der Waals surface area contributed by atoms with Crippen LogP contribution in [0.4, 0.5) is 10.1 Å². The van der Waals surface area contributed by atoms with Crippen molar-refractivity contribution in [1.82, 2.24) is 19.6 Å². The summed E-state index contributed by atoms with van der Waals surface area (Å²) >= 11 is 11.8. The van der Waals surface area contributed by atoms with E-state index in [0.29, 0.717) is 11.7 Å². The maximum Gasteiger partial charge on any atom is 0.173 e. The molecule has 0 saturated carbocycles. The van der Waals surface area contributed by atoms with Crippen molar-refractivity contribution in [2.75, 3.05) is 31.5 Å². The number of benzene rings is 2. The smallest absolute Gasteiger partial charge is 0.173 e. The Bertz CT molecular complexity index is 1020. The molecule has 5 nitrogen and oxygen atoms in total. The van der Waals surface area contributed by atoms with Gasteiger partial charge in [-0.2, -0.15) is 5.10 Å². The lowest BCUT2D eigenvalue weighted by Gasteiger charge is -2.36. The van der Waals surface area contributed by atoms with Gasteiger partial charge < -0.3 is 10.2 Å². The number of anilines is 1. The van der Waals surface area contributed by atoms with Crippen molar-refractivity contribution in [1.29, 1.82) is 0 Å². The maximum atomic E-state index is 13.4. The van der Waals surface area contributed by atoms with Gasteiger partial charge in [0.05, 0.1) is 18.4 Å². The molecule has 1 saturated heterocycles. The molecule has 0 unspecified atom stereocenters. The van der Waals surface area contributed by atoms with Gasteiger partial charge in [0.25, 0.3) is 0 Å². The topological polar surface area (TPSA) is 36.3 Å². The average molecular weight is 444 g/mol. The zero-order chi connectivity index (χ0) is 20.9. The van der Waals surface area contributed by atoms with E-state index < -0.39 is 0 Å². The first-order chi connectivity index (χ1) is 14.6. The lowest BCUT2D eigenvalue weighted by Crippen LogP contribution is -2.49. The van der Waals surface area contributed by atoms with Crippen molar-refractivity contribution >= 4 is 34.6 Å². The first-order valence-electron chi connectivity index (χ1n) is 9.85. The van der Waals surface area contributed by atoms with Gasteiger partial charge in [-0.15, -0.1) is 0 Å². The summed E-state index contributed by atoms with van der Waals surface area (Å²) in [4.78, 5) is 4.47. The molecule has 0 aliphatic carbocycles. The quantitative estimate of drug-likeness (QED) is 0.597. The standard InChI is InChI=1S/C22H23ClFN5S/c23-21-7-2-1-5-18(21)15-29-16-20(13-25-29)26-22(30)28-10-8-27(9-11-28)14-17-4-3-6-19(24)12-17/h1-7,12-13,16H,8-11,14-15H2,(H,26,30). The number of piperazine rings is 1. The summed E-state index contributed by atoms with van der Waals surface area (Å²) in [5.41, 5.74) is 2.87. The fourth-order valence-corrected chi connectivity index (χ4v) is 4.02. The van der Waals surface area contributed by atoms with Crippen LogP contribution in [-0.4, -0.2) is 50.9 Å². The Balaban J connectivity index is 1.27. The number of halogens is 2. The molecule has 0 atom stereocenters. The Kier molecular flexibility index (Phi) is 6.62. The first-order valence-corrected chi connectivity index (χ1v) is 10.6. The second kappa shape index (κ2) is 9.55. The second-order valence-electron chi connectivity index (χ2n) is 7.34. The Hall–Kier alpha value is -2.48. The molecule has 0 amide bonds. The maximum absolute atomic E-state index is 13.4. The van der Waals surface area contributed by atoms with Crippen LogP contribution in [0.25, 0.3) is 0 Å². The highest BCUT2D eigenvalue weighted by Gasteiger charge is 2.19. The van der Waals surface area contributed by atoms with Crippen LogP contribution in [0.15, 0.2) is 60.9 Å². The molecule has 4 rings (SSSR count). The Morgan fingerprint density at radius 1 is 1.07 bits per heavy atom. The van der Waals surface area contributed by atoms with Crippen molar-refractivity contribution in [3.63, 3.8) is 0 Å². The third-order valence-electron chi connectivity index (χ3n) is 5.13. The normalized spacial score (nSPS) is 14.7. The van der Waals surface area contributed by atoms with Crippen LogP contribution < -0.4 is 5.32 Å². The molecule has 0 bridgehead atoms. The number of rotatable bonds is 5. The highest BCUT2D eigenvalue weighted by atomic mass is 35.5. The van der Waals surface area contributed by atoms with Gasteiger partial charge in [0.1, 0.15) is 5.82 Å². The molecule has 1 aliphatic rings. The molecule has 1 aliphatic heterocycles. The summed E-state index contributed by atoms with van der Waals surface area (Å²) in [6.45, 7) is 4.77. The molecule has 2 aromatic carbocycles. The summed E-state index contributed by atoms with van der Waals surface area (Å²) in [6, 6.07) is 14.5. The summed E-state index contributed by atoms with van der Waals surface area (Å²) in [6.07, 6.45) is 3.69. The predicted octanol–water partition coefficient (Wildman–Crippen LogP) is 4.24. The van der Waals surface area contributed by atoms with E-state index in [1.54, 1.807) is 18.3 Å². The van der Waals surface area contributed by atoms with Gasteiger partial charge in [-0.1, -0.05) is 41.9 Å². The monoisotopic (exact) mass is 443 g/mol. The minimum atomic E-state index is -0.188. The number of nitrogens with one attached hydrogen (secondary N) is 1. The number of hydrogen-bond donors (Lipinski definition) is 1. The molecule has 1 fully saturated rings. The number of aromatic nitrogens is 2. The van der Waals surface area contributed by atoms with E-state index in [1.807, 2.05) is 41.2 Å². The molecule has 2 heterocycles. The molecule has 0 radical (unpaired) electrons. The molecule has 156 valence electrons. The highest BCUT2D eigenvalue weighted by molar-refractivity contribution is 7.80. The summed E-state index contributed by atoms with van der Waals surface area (Å²) in [5, 5.41) is 9.10. The van der Waals surface area contributed by atoms with E-state index in [-0.39, 0.29) is 5.82 Å². The Morgan fingerprint density at radius 2 is 1.87 bits per heavy atom. The van der Waals surface area contributed by atoms with Gasteiger partial charge in [0, 0.05) is 43.9 Å². The van der Waals surface area contributed by atoms with Crippen molar-refractivity contribution in [2.45, 2.75) is 13.1 Å². The van der Waals surface area contributed by atoms with Gasteiger partial charge in [-0.3, -0.25) is 9.58 Å². The largest absolute Gasteiger partial charge is 0.346 e. The van der Waals surface area contributed by atoms with Crippen molar-refractivity contribution < 1.29 is 4.39 Å². The van der Waals surface area contributed by atoms with Crippen LogP contribution in [0, 0.1) is 5.82 Å². The van der Waals surface area contributed by atoms with Crippen molar-refractivity contribution in [3.05, 3.63) is 82.9 Å². The fourth-order valence-electron chi connectivity index (χ4n) is 3.52. The number of nitrogens with zero attached hydrogens (tertiary/aromatic N) is 4. The van der Waals surface area contributed by atoms with Gasteiger partial charge in [-0.05, 0) is 41.5 Å². The van der Waals surface area contributed by atoms with Gasteiger partial charge in [0.15, 0.2) is 5.11 Å². The van der Waals surface area contributed by atoms with E-state index in [1.165, 1.54) is 6.07 Å². The lowest BCUT2D eigenvalue weighted by molar-refractivity contribution is 0.177. The van der Waals surface area contributed by atoms with E-state index in [2.05, 4.69) is 20.2 Å². The fraction of sp³-hybridized carbons (Fsp3) is 0.273. The molecule has 30 heavy (non-hydrogen) atoms. The van der Waals surface area contributed by atoms with Crippen LogP contribution in [0.5, 0.6) is 0 Å². The zero-order valence-electron chi connectivity index (χ0n) is 16.5. The number of hydrogen-bond acceptors (Lipinski definition) is 3. The van der Waals surface area contributed by atoms with Crippen molar-refractivity contribution in [3.8, 4) is 0 Å². The van der Waals surface area contributed by atoms with E-state index in [4.69, 9.17) is 23.8 Å². The zero-order valence-corrected chi connectivity index (χ0v) is 18.0. The predicted molar refractivity (Wildman–Crippen MR) is 122 cm³/mol. The second-order valence-corrected chi connectivity index (χ2v) is 8.14. The van der Waals surface area contributed by atoms with Crippen LogP contribution in [-0.2, 0) is 13.1 Å². The molecular weight excluding hydrogens is 421 g/mol. The number of thiocarbonyl (C=S) groups is 1. The molecule has 0 spiro atoms. The van der Waals surface area contributed by atoms with Crippen LogP contribution >= 0.6 is 23.8 Å². The average Bonchev–Trinajstić information content (AvgIpc) is 3.17. The van der Waals surface area contributed by atoms with E-state index in [9.17, 15) is 4.39 Å².